The molecule has 3 heteroatoms. The van der Waals surface area contributed by atoms with Crippen LogP contribution in [0.5, 0.6) is 5.75 Å². The molecule has 0 unspecified atom stereocenters. The first-order valence-corrected chi connectivity index (χ1v) is 6.72. The second-order valence-corrected chi connectivity index (χ2v) is 4.96. The summed E-state index contributed by atoms with van der Waals surface area (Å²) in [6, 6.07) is 12.9. The molecule has 0 fully saturated rings. The number of hydrogen-bond donors (Lipinski definition) is 1. The summed E-state index contributed by atoms with van der Waals surface area (Å²) in [7, 11) is 1.68. The summed E-state index contributed by atoms with van der Waals surface area (Å²) in [5.41, 5.74) is 3.41. The van der Waals surface area contributed by atoms with E-state index in [-0.39, 0.29) is 11.9 Å². The van der Waals surface area contributed by atoms with Crippen LogP contribution in [-0.4, -0.2) is 7.11 Å². The molecule has 0 saturated carbocycles. The largest absolute Gasteiger partial charge is 0.496 e. The molecule has 2 rings (SSSR count). The Hall–Kier alpha value is -1.87. The Morgan fingerprint density at radius 3 is 2.45 bits per heavy atom. The van der Waals surface area contributed by atoms with Gasteiger partial charge >= 0.3 is 0 Å². The van der Waals surface area contributed by atoms with Crippen molar-refractivity contribution >= 4 is 0 Å². The van der Waals surface area contributed by atoms with Crippen LogP contribution in [0.15, 0.2) is 42.5 Å². The first kappa shape index (κ1) is 14.5. The van der Waals surface area contributed by atoms with Gasteiger partial charge in [0.15, 0.2) is 0 Å². The SMILES string of the molecule is COc1ccc(CN[C@H](C)c2ccc(F)cc2)cc1C. The molecule has 0 spiro atoms. The van der Waals surface area contributed by atoms with Crippen molar-refractivity contribution in [2.45, 2.75) is 26.4 Å². The van der Waals surface area contributed by atoms with Gasteiger partial charge in [-0.15, -0.1) is 0 Å². The van der Waals surface area contributed by atoms with Crippen molar-refractivity contribution in [1.29, 1.82) is 0 Å². The first-order chi connectivity index (χ1) is 9.60. The van der Waals surface area contributed by atoms with E-state index in [2.05, 4.69) is 24.4 Å². The van der Waals surface area contributed by atoms with Gasteiger partial charge in [-0.1, -0.05) is 24.3 Å². The van der Waals surface area contributed by atoms with Gasteiger partial charge in [0, 0.05) is 12.6 Å². The predicted octanol–water partition coefficient (Wildman–Crippen LogP) is 3.99. The topological polar surface area (TPSA) is 21.3 Å². The molecule has 0 aromatic heterocycles. The molecule has 106 valence electrons. The summed E-state index contributed by atoms with van der Waals surface area (Å²) in [4.78, 5) is 0. The zero-order valence-electron chi connectivity index (χ0n) is 12.1. The molecule has 2 aromatic rings. The summed E-state index contributed by atoms with van der Waals surface area (Å²) >= 11 is 0. The fourth-order valence-electron chi connectivity index (χ4n) is 2.19. The van der Waals surface area contributed by atoms with E-state index in [4.69, 9.17) is 4.74 Å². The van der Waals surface area contributed by atoms with Gasteiger partial charge in [-0.05, 0) is 48.7 Å². The zero-order chi connectivity index (χ0) is 14.5. The maximum Gasteiger partial charge on any atom is 0.123 e. The van der Waals surface area contributed by atoms with Gasteiger partial charge in [0.2, 0.25) is 0 Å². The molecule has 0 saturated heterocycles. The Bertz CT molecular complexity index is 566. The van der Waals surface area contributed by atoms with Gasteiger partial charge in [-0.25, -0.2) is 4.39 Å². The normalized spacial score (nSPS) is 12.2. The van der Waals surface area contributed by atoms with E-state index in [1.807, 2.05) is 25.1 Å². The lowest BCUT2D eigenvalue weighted by atomic mass is 10.1. The molecule has 0 aliphatic heterocycles. The van der Waals surface area contributed by atoms with E-state index in [0.29, 0.717) is 0 Å². The van der Waals surface area contributed by atoms with E-state index < -0.39 is 0 Å². The average molecular weight is 273 g/mol. The van der Waals surface area contributed by atoms with Gasteiger partial charge < -0.3 is 10.1 Å². The number of aryl methyl sites for hydroxylation is 1. The molecule has 2 aromatic carbocycles. The minimum absolute atomic E-state index is 0.179. The highest BCUT2D eigenvalue weighted by molar-refractivity contribution is 5.36. The molecule has 0 bridgehead atoms. The molecule has 0 amide bonds. The maximum absolute atomic E-state index is 12.9. The molecule has 2 nitrogen and oxygen atoms in total. The molecular formula is C17H20FNO. The highest BCUT2D eigenvalue weighted by Crippen LogP contribution is 2.19. The lowest BCUT2D eigenvalue weighted by molar-refractivity contribution is 0.411. The molecule has 20 heavy (non-hydrogen) atoms. The Kier molecular flexibility index (Phi) is 4.74. The molecule has 0 heterocycles. The Morgan fingerprint density at radius 2 is 1.85 bits per heavy atom. The monoisotopic (exact) mass is 273 g/mol. The van der Waals surface area contributed by atoms with Gasteiger partial charge in [0.25, 0.3) is 0 Å². The summed E-state index contributed by atoms with van der Waals surface area (Å²) in [5.74, 6) is 0.701. The van der Waals surface area contributed by atoms with Crippen molar-refractivity contribution in [3.05, 3.63) is 65.0 Å². The number of rotatable bonds is 5. The molecule has 0 radical (unpaired) electrons. The van der Waals surface area contributed by atoms with Crippen LogP contribution in [-0.2, 0) is 6.54 Å². The van der Waals surface area contributed by atoms with Crippen molar-refractivity contribution in [1.82, 2.24) is 5.32 Å². The van der Waals surface area contributed by atoms with Crippen molar-refractivity contribution in [3.63, 3.8) is 0 Å². The molecule has 1 atom stereocenters. The maximum atomic E-state index is 12.9. The average Bonchev–Trinajstić information content (AvgIpc) is 2.45. The molecule has 0 aliphatic rings. The molecule has 1 N–H and O–H groups in total. The summed E-state index contributed by atoms with van der Waals surface area (Å²) < 4.78 is 18.1. The number of methoxy groups -OCH3 is 1. The zero-order valence-corrected chi connectivity index (χ0v) is 12.1. The molecule has 0 aliphatic carbocycles. The fourth-order valence-corrected chi connectivity index (χ4v) is 2.19. The van der Waals surface area contributed by atoms with Gasteiger partial charge in [-0.3, -0.25) is 0 Å². The number of nitrogens with one attached hydrogen (secondary N) is 1. The van der Waals surface area contributed by atoms with E-state index >= 15 is 0 Å². The predicted molar refractivity (Wildman–Crippen MR) is 79.4 cm³/mol. The lowest BCUT2D eigenvalue weighted by Gasteiger charge is -2.15. The Morgan fingerprint density at radius 1 is 1.15 bits per heavy atom. The van der Waals surface area contributed by atoms with Gasteiger partial charge in [0.05, 0.1) is 7.11 Å². The highest BCUT2D eigenvalue weighted by atomic mass is 19.1. The Balaban J connectivity index is 1.97. The second-order valence-electron chi connectivity index (χ2n) is 4.96. The van der Waals surface area contributed by atoms with Gasteiger partial charge in [0.1, 0.15) is 11.6 Å². The van der Waals surface area contributed by atoms with Crippen LogP contribution < -0.4 is 10.1 Å². The summed E-state index contributed by atoms with van der Waals surface area (Å²) in [5, 5.41) is 3.44. The van der Waals surface area contributed by atoms with Crippen LogP contribution in [0.3, 0.4) is 0 Å². The third kappa shape index (κ3) is 3.58. The van der Waals surface area contributed by atoms with Crippen LogP contribution in [0.1, 0.15) is 29.7 Å². The van der Waals surface area contributed by atoms with Gasteiger partial charge in [-0.2, -0.15) is 0 Å². The number of benzene rings is 2. The third-order valence-corrected chi connectivity index (χ3v) is 3.44. The second kappa shape index (κ2) is 6.53. The standard InChI is InChI=1S/C17H20FNO/c1-12-10-14(4-9-17(12)20-3)11-19-13(2)15-5-7-16(18)8-6-15/h4-10,13,19H,11H2,1-3H3/t13-/m1/s1. The Labute approximate surface area is 119 Å². The van der Waals surface area contributed by atoms with Crippen molar-refractivity contribution in [2.75, 3.05) is 7.11 Å². The minimum atomic E-state index is -0.202. The third-order valence-electron chi connectivity index (χ3n) is 3.44. The van der Waals surface area contributed by atoms with E-state index in [0.717, 1.165) is 23.4 Å². The number of hydrogen-bond acceptors (Lipinski definition) is 2. The number of halogens is 1. The van der Waals surface area contributed by atoms with Crippen molar-refractivity contribution in [2.24, 2.45) is 0 Å². The van der Waals surface area contributed by atoms with Crippen LogP contribution >= 0.6 is 0 Å². The molecular weight excluding hydrogens is 253 g/mol. The summed E-state index contributed by atoms with van der Waals surface area (Å²) in [6.45, 7) is 4.87. The van der Waals surface area contributed by atoms with Crippen LogP contribution in [0, 0.1) is 12.7 Å². The van der Waals surface area contributed by atoms with E-state index in [9.17, 15) is 4.39 Å². The van der Waals surface area contributed by atoms with Crippen LogP contribution in [0.25, 0.3) is 0 Å². The smallest absolute Gasteiger partial charge is 0.123 e. The summed E-state index contributed by atoms with van der Waals surface area (Å²) in [6.07, 6.45) is 0. The van der Waals surface area contributed by atoms with Crippen molar-refractivity contribution in [3.8, 4) is 5.75 Å². The van der Waals surface area contributed by atoms with E-state index in [1.165, 1.54) is 17.7 Å². The van der Waals surface area contributed by atoms with Crippen molar-refractivity contribution < 1.29 is 9.13 Å². The van der Waals surface area contributed by atoms with Crippen LogP contribution in [0.4, 0.5) is 4.39 Å². The first-order valence-electron chi connectivity index (χ1n) is 6.72. The minimum Gasteiger partial charge on any atom is -0.496 e. The highest BCUT2D eigenvalue weighted by Gasteiger charge is 2.06. The van der Waals surface area contributed by atoms with E-state index in [1.54, 1.807) is 7.11 Å². The van der Waals surface area contributed by atoms with Crippen LogP contribution in [0.2, 0.25) is 0 Å². The fraction of sp³-hybridized carbons (Fsp3) is 0.294. The lowest BCUT2D eigenvalue weighted by Crippen LogP contribution is -2.18. The quantitative estimate of drug-likeness (QED) is 0.889. The number of ether oxygens (including phenoxy) is 1.